The molecule has 0 spiro atoms. The Morgan fingerprint density at radius 2 is 2.00 bits per heavy atom. The van der Waals surface area contributed by atoms with E-state index in [-0.39, 0.29) is 17.3 Å². The first-order chi connectivity index (χ1) is 13.6. The van der Waals surface area contributed by atoms with Gasteiger partial charge in [0.1, 0.15) is 0 Å². The highest BCUT2D eigenvalue weighted by atomic mass is 32.2. The maximum Gasteiger partial charge on any atom is 0.270 e. The number of benzene rings is 2. The fraction of sp³-hybridized carbons (Fsp3) is 0.263. The van der Waals surface area contributed by atoms with Gasteiger partial charge in [-0.1, -0.05) is 18.2 Å². The molecule has 3 rings (SSSR count). The monoisotopic (exact) mass is 400 g/mol. The standard InChI is InChI=1S/C19H20N4O4S/c24-19(14-28-17-4-2-1-3-5-17)21-20-13-15-12-16(23(25)26)6-7-18(15)22-8-10-27-11-9-22/h1-7,12-13H,8-11,14H2,(H,21,24)/b20-13-. The van der Waals surface area contributed by atoms with Crippen LogP contribution in [0.3, 0.4) is 0 Å². The minimum absolute atomic E-state index is 0.0237. The number of anilines is 1. The second-order valence-electron chi connectivity index (χ2n) is 5.99. The summed E-state index contributed by atoms with van der Waals surface area (Å²) in [4.78, 5) is 25.7. The number of hydrogen-bond acceptors (Lipinski definition) is 7. The van der Waals surface area contributed by atoms with Gasteiger partial charge in [0.15, 0.2) is 0 Å². The van der Waals surface area contributed by atoms with Gasteiger partial charge in [0.25, 0.3) is 5.69 Å². The van der Waals surface area contributed by atoms with Crippen molar-refractivity contribution < 1.29 is 14.5 Å². The summed E-state index contributed by atoms with van der Waals surface area (Å²) in [6.45, 7) is 2.58. The van der Waals surface area contributed by atoms with Crippen LogP contribution in [-0.4, -0.2) is 49.1 Å². The van der Waals surface area contributed by atoms with E-state index >= 15 is 0 Å². The van der Waals surface area contributed by atoms with E-state index in [0.717, 1.165) is 10.6 Å². The molecule has 146 valence electrons. The summed E-state index contributed by atoms with van der Waals surface area (Å²) < 4.78 is 5.36. The van der Waals surface area contributed by atoms with Crippen LogP contribution in [0.4, 0.5) is 11.4 Å². The van der Waals surface area contributed by atoms with Gasteiger partial charge in [-0.3, -0.25) is 14.9 Å². The predicted octanol–water partition coefficient (Wildman–Crippen LogP) is 2.67. The number of nitrogens with zero attached hydrogens (tertiary/aromatic N) is 3. The lowest BCUT2D eigenvalue weighted by Gasteiger charge is -2.29. The van der Waals surface area contributed by atoms with Gasteiger partial charge < -0.3 is 9.64 Å². The lowest BCUT2D eigenvalue weighted by molar-refractivity contribution is -0.384. The van der Waals surface area contributed by atoms with Crippen molar-refractivity contribution in [1.29, 1.82) is 0 Å². The molecular weight excluding hydrogens is 380 g/mol. The average Bonchev–Trinajstić information content (AvgIpc) is 2.73. The van der Waals surface area contributed by atoms with E-state index in [1.54, 1.807) is 6.07 Å². The van der Waals surface area contributed by atoms with Gasteiger partial charge in [-0.2, -0.15) is 5.10 Å². The first-order valence-electron chi connectivity index (χ1n) is 8.74. The molecule has 1 heterocycles. The molecule has 0 aliphatic carbocycles. The Morgan fingerprint density at radius 1 is 1.25 bits per heavy atom. The number of thioether (sulfide) groups is 1. The summed E-state index contributed by atoms with van der Waals surface area (Å²) in [6.07, 6.45) is 1.45. The maximum absolute atomic E-state index is 12.0. The highest BCUT2D eigenvalue weighted by Crippen LogP contribution is 2.25. The number of nitrogens with one attached hydrogen (secondary N) is 1. The number of carbonyl (C=O) groups is 1. The van der Waals surface area contributed by atoms with Crippen LogP contribution in [0.1, 0.15) is 5.56 Å². The number of nitro benzene ring substituents is 1. The molecule has 28 heavy (non-hydrogen) atoms. The van der Waals surface area contributed by atoms with E-state index in [4.69, 9.17) is 4.74 Å². The van der Waals surface area contributed by atoms with Crippen molar-refractivity contribution in [2.45, 2.75) is 4.90 Å². The Bertz CT molecular complexity index is 854. The Hall–Kier alpha value is -2.91. The number of morpholine rings is 1. The number of rotatable bonds is 7. The summed E-state index contributed by atoms with van der Waals surface area (Å²) in [5.74, 6) is -0.0180. The van der Waals surface area contributed by atoms with Crippen LogP contribution in [0.5, 0.6) is 0 Å². The van der Waals surface area contributed by atoms with Crippen LogP contribution in [0, 0.1) is 10.1 Å². The molecule has 2 aromatic rings. The third kappa shape index (κ3) is 5.54. The lowest BCUT2D eigenvalue weighted by atomic mass is 10.1. The molecule has 0 saturated carbocycles. The molecule has 0 atom stereocenters. The van der Waals surface area contributed by atoms with Gasteiger partial charge in [-0.05, 0) is 18.2 Å². The molecule has 8 nitrogen and oxygen atoms in total. The summed E-state index contributed by atoms with van der Waals surface area (Å²) in [6, 6.07) is 14.2. The molecule has 0 unspecified atom stereocenters. The summed E-state index contributed by atoms with van der Waals surface area (Å²) in [5.41, 5.74) is 3.85. The molecule has 1 N–H and O–H groups in total. The largest absolute Gasteiger partial charge is 0.378 e. The lowest BCUT2D eigenvalue weighted by Crippen LogP contribution is -2.36. The summed E-state index contributed by atoms with van der Waals surface area (Å²) in [7, 11) is 0. The Balaban J connectivity index is 1.66. The van der Waals surface area contributed by atoms with Crippen molar-refractivity contribution in [1.82, 2.24) is 5.43 Å². The Kier molecular flexibility index (Phi) is 6.99. The van der Waals surface area contributed by atoms with Crippen LogP contribution < -0.4 is 10.3 Å². The molecule has 1 fully saturated rings. The van der Waals surface area contributed by atoms with Gasteiger partial charge in [0.2, 0.25) is 5.91 Å². The van der Waals surface area contributed by atoms with Gasteiger partial charge in [-0.15, -0.1) is 11.8 Å². The minimum Gasteiger partial charge on any atom is -0.378 e. The van der Waals surface area contributed by atoms with Crippen LogP contribution in [0.2, 0.25) is 0 Å². The zero-order valence-electron chi connectivity index (χ0n) is 15.1. The number of ether oxygens (including phenoxy) is 1. The molecule has 1 saturated heterocycles. The number of nitro groups is 1. The van der Waals surface area contributed by atoms with Gasteiger partial charge in [0, 0.05) is 41.4 Å². The van der Waals surface area contributed by atoms with E-state index in [9.17, 15) is 14.9 Å². The summed E-state index contributed by atoms with van der Waals surface area (Å²) in [5, 5.41) is 15.1. The van der Waals surface area contributed by atoms with E-state index < -0.39 is 4.92 Å². The van der Waals surface area contributed by atoms with Crippen LogP contribution in [0.25, 0.3) is 0 Å². The van der Waals surface area contributed by atoms with Crippen LogP contribution in [-0.2, 0) is 9.53 Å². The van der Waals surface area contributed by atoms with Crippen molar-refractivity contribution in [2.24, 2.45) is 5.10 Å². The van der Waals surface area contributed by atoms with Crippen molar-refractivity contribution in [3.8, 4) is 0 Å². The first-order valence-corrected chi connectivity index (χ1v) is 9.73. The van der Waals surface area contributed by atoms with Crippen molar-refractivity contribution in [3.63, 3.8) is 0 Å². The molecule has 1 amide bonds. The van der Waals surface area contributed by atoms with Crippen LogP contribution >= 0.6 is 11.8 Å². The van der Waals surface area contributed by atoms with Crippen molar-refractivity contribution in [3.05, 3.63) is 64.2 Å². The number of hydrazone groups is 1. The highest BCUT2D eigenvalue weighted by molar-refractivity contribution is 8.00. The number of non-ortho nitro benzene ring substituents is 1. The highest BCUT2D eigenvalue weighted by Gasteiger charge is 2.17. The minimum atomic E-state index is -0.449. The molecule has 0 radical (unpaired) electrons. The Morgan fingerprint density at radius 3 is 2.71 bits per heavy atom. The Labute approximate surface area is 166 Å². The second-order valence-corrected chi connectivity index (χ2v) is 7.04. The fourth-order valence-electron chi connectivity index (χ4n) is 2.72. The molecule has 0 aromatic heterocycles. The van der Waals surface area contributed by atoms with Crippen molar-refractivity contribution in [2.75, 3.05) is 37.0 Å². The van der Waals surface area contributed by atoms with E-state index in [1.165, 1.54) is 30.1 Å². The number of hydrogen-bond donors (Lipinski definition) is 1. The molecular formula is C19H20N4O4S. The number of amides is 1. The summed E-state index contributed by atoms with van der Waals surface area (Å²) >= 11 is 1.41. The normalized spacial score (nSPS) is 14.2. The zero-order chi connectivity index (χ0) is 19.8. The van der Waals surface area contributed by atoms with Crippen molar-refractivity contribution >= 4 is 35.3 Å². The maximum atomic E-state index is 12.0. The topological polar surface area (TPSA) is 97.1 Å². The number of carbonyl (C=O) groups excluding carboxylic acids is 1. The molecule has 0 bridgehead atoms. The molecule has 1 aliphatic rings. The third-order valence-corrected chi connectivity index (χ3v) is 5.09. The van der Waals surface area contributed by atoms with E-state index in [0.29, 0.717) is 31.9 Å². The van der Waals surface area contributed by atoms with Gasteiger partial charge in [-0.25, -0.2) is 5.43 Å². The van der Waals surface area contributed by atoms with Gasteiger partial charge >= 0.3 is 0 Å². The molecule has 1 aliphatic heterocycles. The molecule has 9 heteroatoms. The quantitative estimate of drug-likeness (QED) is 0.332. The molecule has 2 aromatic carbocycles. The van der Waals surface area contributed by atoms with E-state index in [2.05, 4.69) is 15.4 Å². The first kappa shape index (κ1) is 19.8. The predicted molar refractivity (Wildman–Crippen MR) is 109 cm³/mol. The zero-order valence-corrected chi connectivity index (χ0v) is 15.9. The fourth-order valence-corrected chi connectivity index (χ4v) is 3.43. The third-order valence-electron chi connectivity index (χ3n) is 4.08. The van der Waals surface area contributed by atoms with Crippen LogP contribution in [0.15, 0.2) is 58.5 Å². The van der Waals surface area contributed by atoms with Gasteiger partial charge in [0.05, 0.1) is 30.1 Å². The van der Waals surface area contributed by atoms with E-state index in [1.807, 2.05) is 30.3 Å². The second kappa shape index (κ2) is 9.86. The SMILES string of the molecule is O=C(CSc1ccccc1)N/N=C\c1cc([N+](=O)[O-])ccc1N1CCOCC1. The smallest absolute Gasteiger partial charge is 0.270 e. The average molecular weight is 400 g/mol.